The number of phenols is 1. The van der Waals surface area contributed by atoms with Gasteiger partial charge in [-0.3, -0.25) is 0 Å². The quantitative estimate of drug-likeness (QED) is 0.633. The van der Waals surface area contributed by atoms with Crippen LogP contribution in [0.2, 0.25) is 0 Å². The van der Waals surface area contributed by atoms with E-state index in [-0.39, 0.29) is 17.8 Å². The second-order valence-electron chi connectivity index (χ2n) is 6.69. The van der Waals surface area contributed by atoms with E-state index in [2.05, 4.69) is 15.5 Å². The van der Waals surface area contributed by atoms with E-state index in [1.165, 1.54) is 0 Å². The first-order valence-electron chi connectivity index (χ1n) is 9.07. The largest absolute Gasteiger partial charge is 0.508 e. The summed E-state index contributed by atoms with van der Waals surface area (Å²) >= 11 is 0. The number of carbonyl (C=O) groups excluding carboxylic acids is 1. The molecular weight excluding hydrogens is 342 g/mol. The van der Waals surface area contributed by atoms with Crippen molar-refractivity contribution < 1.29 is 14.6 Å². The highest BCUT2D eigenvalue weighted by Crippen LogP contribution is 2.17. The van der Waals surface area contributed by atoms with Gasteiger partial charge >= 0.3 is 6.03 Å². The molecule has 0 aliphatic heterocycles. The van der Waals surface area contributed by atoms with Crippen molar-refractivity contribution in [3.05, 3.63) is 59.7 Å². The summed E-state index contributed by atoms with van der Waals surface area (Å²) in [7, 11) is 5.63. The molecular formula is C21H29N3O3. The number of amides is 2. The number of ether oxygens (including phenoxy) is 1. The number of hydrogen-bond donors (Lipinski definition) is 3. The molecule has 2 aromatic carbocycles. The molecule has 0 aromatic heterocycles. The van der Waals surface area contributed by atoms with Crippen molar-refractivity contribution in [3.63, 3.8) is 0 Å². The normalized spacial score (nSPS) is 11.9. The van der Waals surface area contributed by atoms with Crippen LogP contribution in [0.1, 0.15) is 11.1 Å². The molecule has 0 fully saturated rings. The molecule has 0 saturated heterocycles. The molecule has 6 nitrogen and oxygen atoms in total. The lowest BCUT2D eigenvalue weighted by atomic mass is 10.1. The third-order valence-corrected chi connectivity index (χ3v) is 4.51. The standard InChI is InChI=1S/C21H29N3O3/c1-24(2)18(14-16-8-10-19(25)11-9-16)15-23-21(26)22-13-12-17-6-4-5-7-20(17)27-3/h4-11,18,25H,12-15H2,1-3H3,(H2,22,23,26). The van der Waals surface area contributed by atoms with Gasteiger partial charge in [-0.2, -0.15) is 0 Å². The SMILES string of the molecule is COc1ccccc1CCNC(=O)NCC(Cc1ccc(O)cc1)N(C)C. The fourth-order valence-electron chi connectivity index (χ4n) is 2.83. The number of benzene rings is 2. The highest BCUT2D eigenvalue weighted by molar-refractivity contribution is 5.73. The van der Waals surface area contributed by atoms with E-state index in [0.717, 1.165) is 23.3 Å². The molecule has 0 radical (unpaired) electrons. The van der Waals surface area contributed by atoms with Gasteiger partial charge < -0.3 is 25.4 Å². The van der Waals surface area contributed by atoms with Crippen LogP contribution in [0, 0.1) is 0 Å². The van der Waals surface area contributed by atoms with Crippen LogP contribution < -0.4 is 15.4 Å². The van der Waals surface area contributed by atoms with Crippen molar-refractivity contribution in [1.29, 1.82) is 0 Å². The zero-order valence-corrected chi connectivity index (χ0v) is 16.2. The summed E-state index contributed by atoms with van der Waals surface area (Å²) in [5, 5.41) is 15.2. The third-order valence-electron chi connectivity index (χ3n) is 4.51. The predicted molar refractivity (Wildman–Crippen MR) is 107 cm³/mol. The molecule has 2 amide bonds. The third kappa shape index (κ3) is 6.83. The molecule has 3 N–H and O–H groups in total. The van der Waals surface area contributed by atoms with Crippen molar-refractivity contribution in [1.82, 2.24) is 15.5 Å². The van der Waals surface area contributed by atoms with Gasteiger partial charge in [-0.1, -0.05) is 30.3 Å². The summed E-state index contributed by atoms with van der Waals surface area (Å²) in [5.74, 6) is 1.09. The summed E-state index contributed by atoms with van der Waals surface area (Å²) in [6.07, 6.45) is 1.50. The topological polar surface area (TPSA) is 73.8 Å². The minimum atomic E-state index is -0.178. The number of aromatic hydroxyl groups is 1. The number of rotatable bonds is 9. The lowest BCUT2D eigenvalue weighted by molar-refractivity contribution is 0.232. The molecule has 0 saturated carbocycles. The zero-order chi connectivity index (χ0) is 19.6. The number of methoxy groups -OCH3 is 1. The number of carbonyl (C=O) groups is 1. The molecule has 27 heavy (non-hydrogen) atoms. The van der Waals surface area contributed by atoms with Gasteiger partial charge in [-0.25, -0.2) is 4.79 Å². The maximum Gasteiger partial charge on any atom is 0.314 e. The average Bonchev–Trinajstić information content (AvgIpc) is 2.66. The van der Waals surface area contributed by atoms with E-state index >= 15 is 0 Å². The Labute approximate surface area is 161 Å². The molecule has 0 aliphatic carbocycles. The minimum Gasteiger partial charge on any atom is -0.508 e. The maximum atomic E-state index is 12.1. The monoisotopic (exact) mass is 371 g/mol. The number of nitrogens with one attached hydrogen (secondary N) is 2. The Hall–Kier alpha value is -2.73. The maximum absolute atomic E-state index is 12.1. The Morgan fingerprint density at radius 1 is 1.11 bits per heavy atom. The van der Waals surface area contributed by atoms with Crippen LogP contribution in [0.15, 0.2) is 48.5 Å². The Bertz CT molecular complexity index is 717. The number of hydrogen-bond acceptors (Lipinski definition) is 4. The molecule has 2 aromatic rings. The number of likely N-dealkylation sites (N-methyl/N-ethyl adjacent to an activating group) is 1. The summed E-state index contributed by atoms with van der Waals surface area (Å²) in [5.41, 5.74) is 2.18. The molecule has 0 bridgehead atoms. The second kappa shape index (κ2) is 10.4. The van der Waals surface area contributed by atoms with Crippen LogP contribution >= 0.6 is 0 Å². The van der Waals surface area contributed by atoms with Crippen LogP contribution in [-0.2, 0) is 12.8 Å². The van der Waals surface area contributed by atoms with Crippen LogP contribution in [0.4, 0.5) is 4.79 Å². The molecule has 1 unspecified atom stereocenters. The number of phenolic OH excluding ortho intramolecular Hbond substituents is 1. The Balaban J connectivity index is 1.77. The number of urea groups is 1. The van der Waals surface area contributed by atoms with Crippen LogP contribution in [0.3, 0.4) is 0 Å². The lowest BCUT2D eigenvalue weighted by Gasteiger charge is -2.25. The molecule has 1 atom stereocenters. The van der Waals surface area contributed by atoms with Crippen LogP contribution in [0.5, 0.6) is 11.5 Å². The van der Waals surface area contributed by atoms with Crippen molar-refractivity contribution in [3.8, 4) is 11.5 Å². The van der Waals surface area contributed by atoms with Gasteiger partial charge in [0.1, 0.15) is 11.5 Å². The van der Waals surface area contributed by atoms with Gasteiger partial charge in [0.05, 0.1) is 7.11 Å². The van der Waals surface area contributed by atoms with Crippen molar-refractivity contribution >= 4 is 6.03 Å². The fourth-order valence-corrected chi connectivity index (χ4v) is 2.83. The Morgan fingerprint density at radius 2 is 1.81 bits per heavy atom. The van der Waals surface area contributed by atoms with Crippen molar-refractivity contribution in [2.75, 3.05) is 34.3 Å². The Morgan fingerprint density at radius 3 is 2.48 bits per heavy atom. The molecule has 0 heterocycles. The molecule has 6 heteroatoms. The fraction of sp³-hybridized carbons (Fsp3) is 0.381. The highest BCUT2D eigenvalue weighted by Gasteiger charge is 2.14. The number of nitrogens with zero attached hydrogens (tertiary/aromatic N) is 1. The molecule has 2 rings (SSSR count). The minimum absolute atomic E-state index is 0.162. The first-order chi connectivity index (χ1) is 13.0. The summed E-state index contributed by atoms with van der Waals surface area (Å²) < 4.78 is 5.32. The molecule has 0 aliphatic rings. The highest BCUT2D eigenvalue weighted by atomic mass is 16.5. The zero-order valence-electron chi connectivity index (χ0n) is 16.2. The van der Waals surface area contributed by atoms with E-state index in [0.29, 0.717) is 19.5 Å². The van der Waals surface area contributed by atoms with E-state index in [1.54, 1.807) is 19.2 Å². The van der Waals surface area contributed by atoms with E-state index in [4.69, 9.17) is 4.74 Å². The lowest BCUT2D eigenvalue weighted by Crippen LogP contribution is -2.45. The Kier molecular flexibility index (Phi) is 7.95. The average molecular weight is 371 g/mol. The molecule has 0 spiro atoms. The summed E-state index contributed by atoms with van der Waals surface area (Å²) in [6.45, 7) is 1.07. The van der Waals surface area contributed by atoms with E-state index in [1.807, 2.05) is 50.5 Å². The van der Waals surface area contributed by atoms with Gasteiger partial charge in [0.25, 0.3) is 0 Å². The van der Waals surface area contributed by atoms with E-state index < -0.39 is 0 Å². The van der Waals surface area contributed by atoms with Crippen molar-refractivity contribution in [2.24, 2.45) is 0 Å². The second-order valence-corrected chi connectivity index (χ2v) is 6.69. The summed E-state index contributed by atoms with van der Waals surface area (Å²) in [6, 6.07) is 15.0. The van der Waals surface area contributed by atoms with Gasteiger partial charge in [-0.05, 0) is 56.3 Å². The van der Waals surface area contributed by atoms with Gasteiger partial charge in [0.15, 0.2) is 0 Å². The molecule has 146 valence electrons. The predicted octanol–water partition coefficient (Wildman–Crippen LogP) is 2.42. The van der Waals surface area contributed by atoms with E-state index in [9.17, 15) is 9.90 Å². The number of para-hydroxylation sites is 1. The van der Waals surface area contributed by atoms with Crippen LogP contribution in [0.25, 0.3) is 0 Å². The smallest absolute Gasteiger partial charge is 0.314 e. The van der Waals surface area contributed by atoms with Gasteiger partial charge in [-0.15, -0.1) is 0 Å². The van der Waals surface area contributed by atoms with Gasteiger partial charge in [0.2, 0.25) is 0 Å². The first kappa shape index (κ1) is 20.6. The first-order valence-corrected chi connectivity index (χ1v) is 9.07. The van der Waals surface area contributed by atoms with Crippen molar-refractivity contribution in [2.45, 2.75) is 18.9 Å². The van der Waals surface area contributed by atoms with Crippen LogP contribution in [-0.4, -0.2) is 56.4 Å². The summed E-state index contributed by atoms with van der Waals surface area (Å²) in [4.78, 5) is 14.2. The van der Waals surface area contributed by atoms with Gasteiger partial charge in [0, 0.05) is 19.1 Å².